The second kappa shape index (κ2) is 10.8. The molecule has 1 aliphatic heterocycles. The van der Waals surface area contributed by atoms with Crippen molar-refractivity contribution in [2.45, 2.75) is 18.9 Å². The average Bonchev–Trinajstić information content (AvgIpc) is 3.40. The minimum absolute atomic E-state index is 0.00230. The van der Waals surface area contributed by atoms with Crippen molar-refractivity contribution in [1.82, 2.24) is 29.4 Å². The first-order chi connectivity index (χ1) is 21.0. The van der Waals surface area contributed by atoms with Crippen molar-refractivity contribution in [3.05, 3.63) is 120 Å². The Hall–Kier alpha value is -5.41. The Morgan fingerprint density at radius 1 is 0.907 bits per heavy atom. The maximum Gasteiger partial charge on any atom is 0.336 e. The molecule has 4 aromatic heterocycles. The molecule has 9 heteroatoms. The number of nitrogens with two attached hydrogens (primary N) is 1. The molecule has 0 radical (unpaired) electrons. The highest BCUT2D eigenvalue weighted by Gasteiger charge is 2.34. The number of carboxylic acids is 1. The van der Waals surface area contributed by atoms with E-state index >= 15 is 0 Å². The first-order valence-corrected chi connectivity index (χ1v) is 14.2. The minimum Gasteiger partial charge on any atom is -0.478 e. The third kappa shape index (κ3) is 4.79. The number of aromatic carboxylic acids is 1. The van der Waals surface area contributed by atoms with E-state index in [-0.39, 0.29) is 12.0 Å². The molecule has 2 aromatic carbocycles. The zero-order chi connectivity index (χ0) is 29.5. The van der Waals surface area contributed by atoms with Crippen LogP contribution in [0.1, 0.15) is 40.5 Å². The third-order valence-corrected chi connectivity index (χ3v) is 8.20. The van der Waals surface area contributed by atoms with Crippen LogP contribution in [-0.4, -0.2) is 53.6 Å². The number of rotatable bonds is 7. The first-order valence-electron chi connectivity index (χ1n) is 14.2. The van der Waals surface area contributed by atoms with Crippen LogP contribution in [0.4, 0.5) is 5.82 Å². The summed E-state index contributed by atoms with van der Waals surface area (Å²) >= 11 is 0. The molecule has 0 bridgehead atoms. The molecule has 0 amide bonds. The summed E-state index contributed by atoms with van der Waals surface area (Å²) < 4.78 is 1.99. The summed E-state index contributed by atoms with van der Waals surface area (Å²) in [5, 5.41) is 9.62. The predicted molar refractivity (Wildman–Crippen MR) is 166 cm³/mol. The summed E-state index contributed by atoms with van der Waals surface area (Å²) in [6.07, 6.45) is 3.52. The highest BCUT2D eigenvalue weighted by Crippen LogP contribution is 2.36. The van der Waals surface area contributed by atoms with Crippen LogP contribution in [0.5, 0.6) is 0 Å². The summed E-state index contributed by atoms with van der Waals surface area (Å²) in [5.41, 5.74) is 13.3. The summed E-state index contributed by atoms with van der Waals surface area (Å²) in [6.45, 7) is 3.66. The van der Waals surface area contributed by atoms with Crippen molar-refractivity contribution < 1.29 is 9.90 Å². The van der Waals surface area contributed by atoms with E-state index in [0.29, 0.717) is 22.9 Å². The minimum atomic E-state index is -0.901. The van der Waals surface area contributed by atoms with Gasteiger partial charge in [-0.15, -0.1) is 0 Å². The number of benzene rings is 2. The Balaban J connectivity index is 1.21. The number of anilines is 1. The smallest absolute Gasteiger partial charge is 0.336 e. The zero-order valence-electron chi connectivity index (χ0n) is 23.5. The second-order valence-corrected chi connectivity index (χ2v) is 10.8. The Labute approximate surface area is 248 Å². The van der Waals surface area contributed by atoms with Crippen molar-refractivity contribution in [2.24, 2.45) is 0 Å². The number of nitrogens with zero attached hydrogens (tertiary/aromatic N) is 6. The number of hydrogen-bond acceptors (Lipinski definition) is 7. The fraction of sp³-hybridized carbons (Fsp3) is 0.147. The molecule has 9 nitrogen and oxygen atoms in total. The molecule has 1 saturated heterocycles. The lowest BCUT2D eigenvalue weighted by Crippen LogP contribution is -2.46. The molecule has 6 aromatic rings. The molecule has 0 spiro atoms. The molecule has 7 rings (SSSR count). The van der Waals surface area contributed by atoms with Gasteiger partial charge in [0.1, 0.15) is 11.3 Å². The van der Waals surface area contributed by atoms with E-state index in [4.69, 9.17) is 20.7 Å². The van der Waals surface area contributed by atoms with E-state index in [9.17, 15) is 9.90 Å². The quantitative estimate of drug-likeness (QED) is 0.241. The lowest BCUT2D eigenvalue weighted by atomic mass is 9.90. The summed E-state index contributed by atoms with van der Waals surface area (Å²) in [4.78, 5) is 33.1. The topological polar surface area (TPSA) is 123 Å². The van der Waals surface area contributed by atoms with Crippen LogP contribution in [0.3, 0.4) is 0 Å². The van der Waals surface area contributed by atoms with Gasteiger partial charge in [-0.1, -0.05) is 48.5 Å². The fourth-order valence-electron chi connectivity index (χ4n) is 5.80. The third-order valence-electron chi connectivity index (χ3n) is 8.20. The van der Waals surface area contributed by atoms with Gasteiger partial charge in [0.25, 0.3) is 0 Å². The van der Waals surface area contributed by atoms with Crippen LogP contribution >= 0.6 is 0 Å². The highest BCUT2D eigenvalue weighted by molar-refractivity contribution is 5.89. The van der Waals surface area contributed by atoms with Gasteiger partial charge in [-0.2, -0.15) is 0 Å². The molecule has 212 valence electrons. The normalized spacial score (nSPS) is 14.4. The van der Waals surface area contributed by atoms with Crippen LogP contribution in [0, 0.1) is 0 Å². The number of imidazole rings is 1. The van der Waals surface area contributed by atoms with Gasteiger partial charge in [-0.05, 0) is 55.0 Å². The summed E-state index contributed by atoms with van der Waals surface area (Å²) in [7, 11) is 0. The van der Waals surface area contributed by atoms with Gasteiger partial charge in [0, 0.05) is 42.5 Å². The van der Waals surface area contributed by atoms with Gasteiger partial charge in [0.05, 0.1) is 28.7 Å². The van der Waals surface area contributed by atoms with Crippen molar-refractivity contribution in [2.75, 3.05) is 18.8 Å². The summed E-state index contributed by atoms with van der Waals surface area (Å²) in [6, 6.07) is 29.1. The lowest BCUT2D eigenvalue weighted by molar-refractivity contribution is 0.0683. The van der Waals surface area contributed by atoms with E-state index in [1.807, 2.05) is 83.6 Å². The van der Waals surface area contributed by atoms with Gasteiger partial charge in [-0.3, -0.25) is 14.5 Å². The van der Waals surface area contributed by atoms with Crippen molar-refractivity contribution in [3.8, 4) is 28.3 Å². The summed E-state index contributed by atoms with van der Waals surface area (Å²) in [5.74, 6) is 0.388. The monoisotopic (exact) mass is 567 g/mol. The second-order valence-electron chi connectivity index (χ2n) is 10.8. The number of carboxylic acid groups (broad SMARTS) is 1. The molecule has 3 N–H and O–H groups in total. The number of aromatic nitrogens is 5. The molecular formula is C34H29N7O2. The van der Waals surface area contributed by atoms with Crippen LogP contribution in [-0.2, 0) is 0 Å². The van der Waals surface area contributed by atoms with Crippen LogP contribution in [0.2, 0.25) is 0 Å². The van der Waals surface area contributed by atoms with Crippen molar-refractivity contribution in [1.29, 1.82) is 0 Å². The predicted octanol–water partition coefficient (Wildman–Crippen LogP) is 5.99. The molecule has 1 unspecified atom stereocenters. The van der Waals surface area contributed by atoms with E-state index in [1.54, 1.807) is 18.3 Å². The Morgan fingerprint density at radius 3 is 2.44 bits per heavy atom. The van der Waals surface area contributed by atoms with Gasteiger partial charge in [-0.25, -0.2) is 19.7 Å². The van der Waals surface area contributed by atoms with Crippen molar-refractivity contribution >= 4 is 23.0 Å². The van der Waals surface area contributed by atoms with Crippen LogP contribution < -0.4 is 5.73 Å². The molecule has 0 aliphatic carbocycles. The van der Waals surface area contributed by atoms with E-state index in [0.717, 1.165) is 52.4 Å². The number of likely N-dealkylation sites (tertiary alicyclic amines) is 1. The fourth-order valence-corrected chi connectivity index (χ4v) is 5.80. The Morgan fingerprint density at radius 2 is 1.70 bits per heavy atom. The molecule has 43 heavy (non-hydrogen) atoms. The van der Waals surface area contributed by atoms with Crippen molar-refractivity contribution in [3.63, 3.8) is 0 Å². The van der Waals surface area contributed by atoms with Gasteiger partial charge < -0.3 is 10.8 Å². The standard InChI is InChI=1S/C34H29N7O2/c1-21(25-10-5-6-11-26(25)34(42)43)40-19-23(20-40)28-14-13-24(18-37-28)41-32(27-12-7-17-36-31(27)35)39-30-16-15-29(38-33(30)41)22-8-3-2-4-9-22/h2-18,21,23H,19-20H2,1H3,(H2,35,36)(H,42,43). The average molecular weight is 568 g/mol. The number of hydrogen-bond donors (Lipinski definition) is 2. The number of nitrogen functional groups attached to an aromatic ring is 1. The van der Waals surface area contributed by atoms with E-state index < -0.39 is 5.97 Å². The van der Waals surface area contributed by atoms with Gasteiger partial charge >= 0.3 is 5.97 Å². The van der Waals surface area contributed by atoms with E-state index in [1.165, 1.54) is 0 Å². The molecule has 0 saturated carbocycles. The SMILES string of the molecule is CC(c1ccccc1C(=O)O)N1CC(c2ccc(-n3c(-c4cccnc4N)nc4ccc(-c5ccccc5)nc43)cn2)C1. The van der Waals surface area contributed by atoms with Crippen LogP contribution in [0.25, 0.3) is 39.5 Å². The van der Waals surface area contributed by atoms with Gasteiger partial charge in [0.15, 0.2) is 11.5 Å². The zero-order valence-corrected chi connectivity index (χ0v) is 23.5. The Kier molecular flexibility index (Phi) is 6.64. The molecule has 1 fully saturated rings. The Bertz CT molecular complexity index is 1950. The first kappa shape index (κ1) is 26.5. The van der Waals surface area contributed by atoms with Gasteiger partial charge in [0.2, 0.25) is 0 Å². The van der Waals surface area contributed by atoms with Crippen LogP contribution in [0.15, 0.2) is 103 Å². The lowest BCUT2D eigenvalue weighted by Gasteiger charge is -2.43. The molecule has 5 heterocycles. The number of fused-ring (bicyclic) bond motifs is 1. The number of pyridine rings is 3. The molecule has 1 atom stereocenters. The number of carbonyl (C=O) groups is 1. The molecule has 1 aliphatic rings. The molecular weight excluding hydrogens is 538 g/mol. The highest BCUT2D eigenvalue weighted by atomic mass is 16.4. The van der Waals surface area contributed by atoms with E-state index in [2.05, 4.69) is 22.9 Å². The maximum absolute atomic E-state index is 11.7. The largest absolute Gasteiger partial charge is 0.478 e. The maximum atomic E-state index is 11.7.